The zero-order chi connectivity index (χ0) is 16.2. The van der Waals surface area contributed by atoms with Crippen molar-refractivity contribution in [3.63, 3.8) is 0 Å². The van der Waals surface area contributed by atoms with Crippen LogP contribution in [0.2, 0.25) is 0 Å². The Bertz CT molecular complexity index is 477. The summed E-state index contributed by atoms with van der Waals surface area (Å²) in [5.74, 6) is -1.73. The number of nitrogens with one attached hydrogen (secondary N) is 1. The molecule has 5 heteroatoms. The molecule has 2 unspecified atom stereocenters. The Morgan fingerprint density at radius 3 is 2.29 bits per heavy atom. The number of aliphatic hydroxyl groups excluding tert-OH is 1. The third kappa shape index (κ3) is 5.08. The predicted molar refractivity (Wildman–Crippen MR) is 77.6 cm³/mol. The lowest BCUT2D eigenvalue weighted by molar-refractivity contribution is -0.123. The van der Waals surface area contributed by atoms with Crippen molar-refractivity contribution >= 4 is 5.91 Å². The maximum atomic E-state index is 13.5. The fourth-order valence-corrected chi connectivity index (χ4v) is 1.80. The fraction of sp³-hybridized carbons (Fsp3) is 0.562. The zero-order valence-electron chi connectivity index (χ0n) is 12.9. The number of halogens is 2. The van der Waals surface area contributed by atoms with Crippen LogP contribution >= 0.6 is 0 Å². The first-order valence-corrected chi connectivity index (χ1v) is 7.01. The van der Waals surface area contributed by atoms with E-state index in [9.17, 15) is 18.7 Å². The predicted octanol–water partition coefficient (Wildman–Crippen LogP) is 3.19. The Morgan fingerprint density at radius 2 is 1.81 bits per heavy atom. The van der Waals surface area contributed by atoms with Crippen LogP contribution < -0.4 is 5.32 Å². The molecular formula is C16H23F2NO2. The molecule has 0 aromatic heterocycles. The van der Waals surface area contributed by atoms with E-state index in [0.29, 0.717) is 6.42 Å². The highest BCUT2D eigenvalue weighted by Crippen LogP contribution is 2.28. The van der Waals surface area contributed by atoms with Gasteiger partial charge in [-0.25, -0.2) is 8.78 Å². The summed E-state index contributed by atoms with van der Waals surface area (Å²) in [4.78, 5) is 11.8. The van der Waals surface area contributed by atoms with E-state index in [2.05, 4.69) is 5.32 Å². The molecule has 0 bridgehead atoms. The molecule has 0 aliphatic heterocycles. The summed E-state index contributed by atoms with van der Waals surface area (Å²) in [5.41, 5.74) is -0.421. The van der Waals surface area contributed by atoms with Crippen LogP contribution in [0.4, 0.5) is 8.78 Å². The van der Waals surface area contributed by atoms with Gasteiger partial charge in [0.2, 0.25) is 5.91 Å². The van der Waals surface area contributed by atoms with E-state index >= 15 is 0 Å². The molecule has 0 radical (unpaired) electrons. The molecule has 0 saturated heterocycles. The second-order valence-corrected chi connectivity index (χ2v) is 6.43. The van der Waals surface area contributed by atoms with Crippen LogP contribution in [-0.2, 0) is 4.79 Å². The van der Waals surface area contributed by atoms with Crippen LogP contribution in [0.1, 0.15) is 45.8 Å². The molecular weight excluding hydrogens is 276 g/mol. The quantitative estimate of drug-likeness (QED) is 0.877. The molecule has 118 valence electrons. The molecule has 0 aliphatic rings. The Labute approximate surface area is 124 Å². The van der Waals surface area contributed by atoms with E-state index in [1.807, 2.05) is 27.7 Å². The van der Waals surface area contributed by atoms with Gasteiger partial charge in [-0.05, 0) is 23.5 Å². The average molecular weight is 299 g/mol. The van der Waals surface area contributed by atoms with Crippen molar-refractivity contribution in [2.24, 2.45) is 11.3 Å². The first-order valence-electron chi connectivity index (χ1n) is 7.01. The molecule has 0 aliphatic carbocycles. The Hall–Kier alpha value is -1.49. The van der Waals surface area contributed by atoms with Gasteiger partial charge in [0.05, 0.1) is 5.56 Å². The minimum Gasteiger partial charge on any atom is -0.386 e. The van der Waals surface area contributed by atoms with Crippen molar-refractivity contribution in [1.82, 2.24) is 5.32 Å². The van der Waals surface area contributed by atoms with Gasteiger partial charge in [0.15, 0.2) is 0 Å². The number of aliphatic hydroxyl groups is 1. The van der Waals surface area contributed by atoms with Crippen molar-refractivity contribution in [2.45, 2.75) is 40.2 Å². The van der Waals surface area contributed by atoms with Crippen LogP contribution in [-0.4, -0.2) is 17.6 Å². The number of amides is 1. The van der Waals surface area contributed by atoms with E-state index in [4.69, 9.17) is 0 Å². The van der Waals surface area contributed by atoms with E-state index in [1.54, 1.807) is 0 Å². The lowest BCUT2D eigenvalue weighted by Gasteiger charge is -2.26. The van der Waals surface area contributed by atoms with E-state index in [-0.39, 0.29) is 23.8 Å². The summed E-state index contributed by atoms with van der Waals surface area (Å²) in [5, 5.41) is 12.3. The normalized spacial score (nSPS) is 14.6. The van der Waals surface area contributed by atoms with Crippen LogP contribution in [0.5, 0.6) is 0 Å². The van der Waals surface area contributed by atoms with Gasteiger partial charge in [-0.2, -0.15) is 0 Å². The highest BCUT2D eigenvalue weighted by molar-refractivity contribution is 5.76. The molecule has 1 aromatic rings. The van der Waals surface area contributed by atoms with Gasteiger partial charge in [-0.15, -0.1) is 0 Å². The molecule has 0 saturated carbocycles. The maximum Gasteiger partial charge on any atom is 0.220 e. The minimum absolute atomic E-state index is 0.00635. The fourth-order valence-electron chi connectivity index (χ4n) is 1.80. The van der Waals surface area contributed by atoms with Crippen LogP contribution in [0, 0.1) is 23.0 Å². The SMILES string of the molecule is CC(CC(=O)NCC(O)c1c(F)cccc1F)C(C)(C)C. The Morgan fingerprint density at radius 1 is 1.29 bits per heavy atom. The van der Waals surface area contributed by atoms with Crippen LogP contribution in [0.25, 0.3) is 0 Å². The summed E-state index contributed by atoms with van der Waals surface area (Å²) in [6.07, 6.45) is -1.10. The standard InChI is InChI=1S/C16H23F2NO2/c1-10(16(2,3)4)8-14(21)19-9-13(20)15-11(17)6-5-7-12(15)18/h5-7,10,13,20H,8-9H2,1-4H3,(H,19,21). The number of benzene rings is 1. The minimum atomic E-state index is -1.40. The highest BCUT2D eigenvalue weighted by atomic mass is 19.1. The van der Waals surface area contributed by atoms with Gasteiger partial charge in [0.25, 0.3) is 0 Å². The summed E-state index contributed by atoms with van der Waals surface area (Å²) >= 11 is 0. The Balaban J connectivity index is 2.57. The number of hydrogen-bond donors (Lipinski definition) is 2. The molecule has 0 fully saturated rings. The molecule has 0 spiro atoms. The number of carbonyl (C=O) groups excluding carboxylic acids is 1. The highest BCUT2D eigenvalue weighted by Gasteiger charge is 2.23. The average Bonchev–Trinajstić information content (AvgIpc) is 2.35. The molecule has 1 amide bonds. The maximum absolute atomic E-state index is 13.5. The van der Waals surface area contributed by atoms with Crippen molar-refractivity contribution in [3.05, 3.63) is 35.4 Å². The van der Waals surface area contributed by atoms with Gasteiger partial charge in [0, 0.05) is 13.0 Å². The summed E-state index contributed by atoms with van der Waals surface area (Å²) in [6, 6.07) is 3.38. The number of rotatable bonds is 5. The number of hydrogen-bond acceptors (Lipinski definition) is 2. The van der Waals surface area contributed by atoms with Gasteiger partial charge in [-0.3, -0.25) is 4.79 Å². The van der Waals surface area contributed by atoms with Crippen molar-refractivity contribution in [2.75, 3.05) is 6.54 Å². The second-order valence-electron chi connectivity index (χ2n) is 6.43. The summed E-state index contributed by atoms with van der Waals surface area (Å²) < 4.78 is 27.0. The van der Waals surface area contributed by atoms with E-state index < -0.39 is 23.3 Å². The van der Waals surface area contributed by atoms with Gasteiger partial charge >= 0.3 is 0 Å². The lowest BCUT2D eigenvalue weighted by Crippen LogP contribution is -2.32. The molecule has 3 nitrogen and oxygen atoms in total. The lowest BCUT2D eigenvalue weighted by atomic mass is 9.80. The van der Waals surface area contributed by atoms with Crippen molar-refractivity contribution in [3.8, 4) is 0 Å². The zero-order valence-corrected chi connectivity index (χ0v) is 12.9. The molecule has 2 atom stereocenters. The molecule has 1 rings (SSSR count). The third-order valence-electron chi connectivity index (χ3n) is 3.80. The molecule has 21 heavy (non-hydrogen) atoms. The summed E-state index contributed by atoms with van der Waals surface area (Å²) in [7, 11) is 0. The first-order chi connectivity index (χ1) is 9.62. The molecule has 1 aromatic carbocycles. The van der Waals surface area contributed by atoms with Gasteiger partial charge < -0.3 is 10.4 Å². The molecule has 0 heterocycles. The molecule has 2 N–H and O–H groups in total. The number of carbonyl (C=O) groups is 1. The third-order valence-corrected chi connectivity index (χ3v) is 3.80. The van der Waals surface area contributed by atoms with E-state index in [0.717, 1.165) is 12.1 Å². The topological polar surface area (TPSA) is 49.3 Å². The second kappa shape index (κ2) is 6.98. The smallest absolute Gasteiger partial charge is 0.220 e. The Kier molecular flexibility index (Phi) is 5.84. The van der Waals surface area contributed by atoms with E-state index in [1.165, 1.54) is 6.07 Å². The monoisotopic (exact) mass is 299 g/mol. The van der Waals surface area contributed by atoms with Gasteiger partial charge in [-0.1, -0.05) is 33.8 Å². The van der Waals surface area contributed by atoms with Gasteiger partial charge in [0.1, 0.15) is 17.7 Å². The largest absolute Gasteiger partial charge is 0.386 e. The van der Waals surface area contributed by atoms with Crippen LogP contribution in [0.3, 0.4) is 0 Å². The first kappa shape index (κ1) is 17.6. The van der Waals surface area contributed by atoms with Crippen molar-refractivity contribution < 1.29 is 18.7 Å². The summed E-state index contributed by atoms with van der Waals surface area (Å²) in [6.45, 7) is 7.86. The van der Waals surface area contributed by atoms with Crippen LogP contribution in [0.15, 0.2) is 18.2 Å². The van der Waals surface area contributed by atoms with Crippen molar-refractivity contribution in [1.29, 1.82) is 0 Å².